The van der Waals surface area contributed by atoms with Crippen LogP contribution in [0.2, 0.25) is 0 Å². The number of isocyanates is 1. The fourth-order valence-corrected chi connectivity index (χ4v) is 2.79. The van der Waals surface area contributed by atoms with Gasteiger partial charge in [0.25, 0.3) is 0 Å². The largest absolute Gasteiger partial charge is 0.315 e. The van der Waals surface area contributed by atoms with Gasteiger partial charge in [0.05, 0.1) is 12.1 Å². The van der Waals surface area contributed by atoms with Gasteiger partial charge in [0.15, 0.2) is 0 Å². The average molecular weight is 242 g/mol. The van der Waals surface area contributed by atoms with Crippen LogP contribution in [0.1, 0.15) is 29.5 Å². The molecular formula is C14H14N2O2. The Labute approximate surface area is 105 Å². The normalized spacial score (nSPS) is 19.4. The number of carbonyl (C=O) groups is 1. The predicted molar refractivity (Wildman–Crippen MR) is 67.3 cm³/mol. The number of hydrogen-bond donors (Lipinski definition) is 0. The van der Waals surface area contributed by atoms with E-state index in [2.05, 4.69) is 4.99 Å². The summed E-state index contributed by atoms with van der Waals surface area (Å²) in [5, 5.41) is 0. The molecule has 4 heteroatoms. The lowest BCUT2D eigenvalue weighted by molar-refractivity contribution is -0.117. The Hall–Kier alpha value is -1.93. The number of amides is 1. The minimum absolute atomic E-state index is 0.0998. The number of aryl methyl sites for hydroxylation is 1. The second-order valence-electron chi connectivity index (χ2n) is 5.18. The molecule has 1 aromatic rings. The Kier molecular flexibility index (Phi) is 2.19. The molecule has 1 aliphatic carbocycles. The first-order valence-corrected chi connectivity index (χ1v) is 6.07. The number of benzene rings is 1. The van der Waals surface area contributed by atoms with E-state index in [0.717, 1.165) is 35.2 Å². The number of carbonyl (C=O) groups excluding carboxylic acids is 2. The monoisotopic (exact) mass is 242 g/mol. The first-order valence-electron chi connectivity index (χ1n) is 6.07. The van der Waals surface area contributed by atoms with Crippen molar-refractivity contribution in [2.75, 3.05) is 11.9 Å². The third kappa shape index (κ3) is 1.42. The minimum atomic E-state index is -0.420. The molecule has 18 heavy (non-hydrogen) atoms. The van der Waals surface area contributed by atoms with Crippen molar-refractivity contribution in [3.8, 4) is 0 Å². The van der Waals surface area contributed by atoms with Crippen LogP contribution in [0.15, 0.2) is 17.1 Å². The topological polar surface area (TPSA) is 49.7 Å². The van der Waals surface area contributed by atoms with Crippen LogP contribution in [0.25, 0.3) is 0 Å². The highest BCUT2D eigenvalue weighted by Crippen LogP contribution is 2.54. The molecule has 1 fully saturated rings. The Bertz CT molecular complexity index is 596. The summed E-state index contributed by atoms with van der Waals surface area (Å²) >= 11 is 0. The Morgan fingerprint density at radius 3 is 2.72 bits per heavy atom. The molecule has 4 nitrogen and oxygen atoms in total. The maximum absolute atomic E-state index is 11.8. The third-order valence-corrected chi connectivity index (χ3v) is 3.87. The molecule has 0 unspecified atom stereocenters. The van der Waals surface area contributed by atoms with Gasteiger partial charge in [-0.05, 0) is 25.3 Å². The molecule has 0 spiro atoms. The third-order valence-electron chi connectivity index (χ3n) is 3.87. The molecule has 0 N–H and O–H groups in total. The minimum Gasteiger partial charge on any atom is -0.315 e. The second kappa shape index (κ2) is 3.53. The smallest absolute Gasteiger partial charge is 0.235 e. The summed E-state index contributed by atoms with van der Waals surface area (Å²) in [5.41, 5.74) is 3.69. The number of nitrogens with zero attached hydrogens (tertiary/aromatic N) is 2. The molecular weight excluding hydrogens is 228 g/mol. The molecule has 92 valence electrons. The van der Waals surface area contributed by atoms with Gasteiger partial charge < -0.3 is 4.90 Å². The summed E-state index contributed by atoms with van der Waals surface area (Å²) in [7, 11) is 1.79. The summed E-state index contributed by atoms with van der Waals surface area (Å²) in [6, 6.07) is 4.09. The highest BCUT2D eigenvalue weighted by atomic mass is 16.2. The lowest BCUT2D eigenvalue weighted by Gasteiger charge is -2.19. The van der Waals surface area contributed by atoms with E-state index < -0.39 is 5.54 Å². The van der Waals surface area contributed by atoms with E-state index in [1.54, 1.807) is 18.0 Å². The van der Waals surface area contributed by atoms with Crippen molar-refractivity contribution < 1.29 is 9.59 Å². The first kappa shape index (κ1) is 11.2. The van der Waals surface area contributed by atoms with Gasteiger partial charge in [0.1, 0.15) is 5.54 Å². The second-order valence-corrected chi connectivity index (χ2v) is 5.18. The Morgan fingerprint density at radius 2 is 2.11 bits per heavy atom. The van der Waals surface area contributed by atoms with Crippen molar-refractivity contribution in [2.24, 2.45) is 4.99 Å². The molecule has 1 aliphatic heterocycles. The van der Waals surface area contributed by atoms with E-state index >= 15 is 0 Å². The van der Waals surface area contributed by atoms with Crippen molar-refractivity contribution in [2.45, 2.75) is 31.7 Å². The van der Waals surface area contributed by atoms with Gasteiger partial charge in [-0.15, -0.1) is 0 Å². The summed E-state index contributed by atoms with van der Waals surface area (Å²) < 4.78 is 0. The summed E-state index contributed by atoms with van der Waals surface area (Å²) in [6.07, 6.45) is 3.85. The molecule has 0 saturated heterocycles. The predicted octanol–water partition coefficient (Wildman–Crippen LogP) is 1.84. The van der Waals surface area contributed by atoms with E-state index in [1.807, 2.05) is 19.1 Å². The lowest BCUT2D eigenvalue weighted by Crippen LogP contribution is -2.23. The van der Waals surface area contributed by atoms with Gasteiger partial charge in [0.2, 0.25) is 12.0 Å². The molecule has 0 bridgehead atoms. The Balaban J connectivity index is 2.23. The maximum Gasteiger partial charge on any atom is 0.235 e. The fraction of sp³-hybridized carbons (Fsp3) is 0.429. The van der Waals surface area contributed by atoms with Crippen molar-refractivity contribution in [3.63, 3.8) is 0 Å². The molecule has 0 radical (unpaired) electrons. The molecule has 3 rings (SSSR count). The zero-order valence-electron chi connectivity index (χ0n) is 10.5. The number of anilines is 1. The SMILES string of the molecule is Cc1cc2c(c(C3(N=C=O)CC3)c1)N(C)C(=O)C2. The fourth-order valence-electron chi connectivity index (χ4n) is 2.79. The van der Waals surface area contributed by atoms with Crippen LogP contribution in [0.5, 0.6) is 0 Å². The Morgan fingerprint density at radius 1 is 1.39 bits per heavy atom. The lowest BCUT2D eigenvalue weighted by atomic mass is 9.96. The molecule has 0 aromatic heterocycles. The van der Waals surface area contributed by atoms with Crippen molar-refractivity contribution in [1.29, 1.82) is 0 Å². The van der Waals surface area contributed by atoms with Crippen LogP contribution >= 0.6 is 0 Å². The zero-order valence-corrected chi connectivity index (χ0v) is 10.5. The van der Waals surface area contributed by atoms with Crippen LogP contribution in [0, 0.1) is 6.92 Å². The number of likely N-dealkylation sites (N-methyl/N-ethyl adjacent to an activating group) is 1. The number of fused-ring (bicyclic) bond motifs is 1. The first-order chi connectivity index (χ1) is 8.57. The zero-order chi connectivity index (χ0) is 12.9. The van der Waals surface area contributed by atoms with Crippen LogP contribution in [-0.2, 0) is 21.5 Å². The average Bonchev–Trinajstić information content (AvgIpc) is 3.03. The molecule has 2 aliphatic rings. The number of rotatable bonds is 2. The molecule has 0 atom stereocenters. The molecule has 1 aromatic carbocycles. The summed E-state index contributed by atoms with van der Waals surface area (Å²) in [4.78, 5) is 28.1. The van der Waals surface area contributed by atoms with Gasteiger partial charge in [-0.3, -0.25) is 4.79 Å². The number of hydrogen-bond acceptors (Lipinski definition) is 3. The molecule has 1 saturated carbocycles. The summed E-state index contributed by atoms with van der Waals surface area (Å²) in [6.45, 7) is 2.01. The highest BCUT2D eigenvalue weighted by molar-refractivity contribution is 6.02. The highest BCUT2D eigenvalue weighted by Gasteiger charge is 2.48. The maximum atomic E-state index is 11.8. The standard InChI is InChI=1S/C14H14N2O2/c1-9-5-10-7-12(18)16(2)13(10)11(6-9)14(3-4-14)15-8-17/h5-6H,3-4,7H2,1-2H3. The van der Waals surface area contributed by atoms with Gasteiger partial charge in [-0.2, -0.15) is 4.99 Å². The number of aliphatic imine (C=N–C) groups is 1. The van der Waals surface area contributed by atoms with E-state index in [9.17, 15) is 9.59 Å². The van der Waals surface area contributed by atoms with Gasteiger partial charge >= 0.3 is 0 Å². The van der Waals surface area contributed by atoms with E-state index in [0.29, 0.717) is 6.42 Å². The quantitative estimate of drug-likeness (QED) is 0.587. The van der Waals surface area contributed by atoms with Crippen molar-refractivity contribution in [1.82, 2.24) is 0 Å². The molecule has 1 heterocycles. The van der Waals surface area contributed by atoms with Gasteiger partial charge in [-0.1, -0.05) is 17.7 Å². The van der Waals surface area contributed by atoms with Crippen LogP contribution in [0.3, 0.4) is 0 Å². The van der Waals surface area contributed by atoms with E-state index in [-0.39, 0.29) is 5.91 Å². The van der Waals surface area contributed by atoms with E-state index in [1.165, 1.54) is 0 Å². The van der Waals surface area contributed by atoms with Crippen LogP contribution in [-0.4, -0.2) is 19.0 Å². The van der Waals surface area contributed by atoms with Crippen LogP contribution < -0.4 is 4.90 Å². The van der Waals surface area contributed by atoms with E-state index in [4.69, 9.17) is 0 Å². The van der Waals surface area contributed by atoms with Crippen molar-refractivity contribution in [3.05, 3.63) is 28.8 Å². The van der Waals surface area contributed by atoms with Gasteiger partial charge in [0, 0.05) is 12.6 Å². The van der Waals surface area contributed by atoms with Crippen LogP contribution in [0.4, 0.5) is 5.69 Å². The molecule has 1 amide bonds. The summed E-state index contributed by atoms with van der Waals surface area (Å²) in [5.74, 6) is 0.0998. The van der Waals surface area contributed by atoms with Gasteiger partial charge in [-0.25, -0.2) is 4.79 Å². The van der Waals surface area contributed by atoms with Crippen molar-refractivity contribution >= 4 is 17.7 Å².